The number of hydrogen-bond acceptors (Lipinski definition) is 4. The van der Waals surface area contributed by atoms with E-state index in [1.165, 1.54) is 0 Å². The molecule has 0 radical (unpaired) electrons. The summed E-state index contributed by atoms with van der Waals surface area (Å²) < 4.78 is 1.99. The average Bonchev–Trinajstić information content (AvgIpc) is 3.27. The van der Waals surface area contributed by atoms with Crippen LogP contribution in [0.4, 0.5) is 0 Å². The van der Waals surface area contributed by atoms with E-state index in [-0.39, 0.29) is 24.3 Å². The molecule has 7 nitrogen and oxygen atoms in total. The zero-order valence-corrected chi connectivity index (χ0v) is 18.8. The second-order valence-corrected chi connectivity index (χ2v) is 8.27. The molecule has 3 N–H and O–H groups in total. The molecular weight excluding hydrogens is 424 g/mol. The summed E-state index contributed by atoms with van der Waals surface area (Å²) in [7, 11) is 0. The number of aromatic carboxylic acids is 1. The van der Waals surface area contributed by atoms with E-state index in [4.69, 9.17) is 12.2 Å². The number of rotatable bonds is 7. The molecule has 0 spiro atoms. The van der Waals surface area contributed by atoms with Gasteiger partial charge in [-0.05, 0) is 68.4 Å². The molecule has 0 amide bonds. The van der Waals surface area contributed by atoms with Crippen molar-refractivity contribution in [3.63, 3.8) is 0 Å². The lowest BCUT2D eigenvalue weighted by Gasteiger charge is -2.28. The molecule has 0 bridgehead atoms. The van der Waals surface area contributed by atoms with E-state index >= 15 is 0 Å². The Bertz CT molecular complexity index is 1150. The first-order valence-electron chi connectivity index (χ1n) is 10.5. The van der Waals surface area contributed by atoms with Crippen LogP contribution in [0.3, 0.4) is 0 Å². The third kappa shape index (κ3) is 3.87. The van der Waals surface area contributed by atoms with E-state index in [9.17, 15) is 15.0 Å². The number of aliphatic hydroxyl groups excluding tert-OH is 1. The molecule has 0 aliphatic carbocycles. The van der Waals surface area contributed by atoms with Gasteiger partial charge in [-0.25, -0.2) is 4.79 Å². The summed E-state index contributed by atoms with van der Waals surface area (Å²) in [5.41, 5.74) is 4.68. The monoisotopic (exact) mass is 450 g/mol. The summed E-state index contributed by atoms with van der Waals surface area (Å²) in [5.74, 6) is -0.964. The summed E-state index contributed by atoms with van der Waals surface area (Å²) in [6, 6.07) is 14.6. The van der Waals surface area contributed by atoms with Gasteiger partial charge in [-0.15, -0.1) is 0 Å². The van der Waals surface area contributed by atoms with Crippen molar-refractivity contribution in [3.8, 4) is 5.69 Å². The maximum atomic E-state index is 11.9. The normalized spacial score (nSPS) is 18.1. The number of carboxylic acids is 1. The third-order valence-electron chi connectivity index (χ3n) is 5.92. The number of thiocarbonyl (C=S) groups is 1. The average molecular weight is 451 g/mol. The molecule has 32 heavy (non-hydrogen) atoms. The lowest BCUT2D eigenvalue weighted by Crippen LogP contribution is -2.31. The zero-order valence-electron chi connectivity index (χ0n) is 18.0. The van der Waals surface area contributed by atoms with Gasteiger partial charge in [0.05, 0.1) is 29.0 Å². The molecule has 0 unspecified atom stereocenters. The van der Waals surface area contributed by atoms with Gasteiger partial charge in [0, 0.05) is 30.7 Å². The topological polar surface area (TPSA) is 90.6 Å². The molecule has 166 valence electrons. The Hall–Kier alpha value is -3.23. The fourth-order valence-corrected chi connectivity index (χ4v) is 4.86. The minimum atomic E-state index is -0.964. The van der Waals surface area contributed by atoms with Crippen molar-refractivity contribution < 1.29 is 15.0 Å². The number of para-hydroxylation sites is 1. The Balaban J connectivity index is 1.85. The van der Waals surface area contributed by atoms with Crippen molar-refractivity contribution >= 4 is 23.3 Å². The smallest absolute Gasteiger partial charge is 0.337 e. The number of nitrogens with one attached hydrogen (secondary N) is 1. The van der Waals surface area contributed by atoms with Crippen molar-refractivity contribution in [1.29, 1.82) is 0 Å². The van der Waals surface area contributed by atoms with Crippen LogP contribution < -0.4 is 5.32 Å². The van der Waals surface area contributed by atoms with Gasteiger partial charge < -0.3 is 25.0 Å². The number of hydrogen-bond donors (Lipinski definition) is 3. The summed E-state index contributed by atoms with van der Waals surface area (Å²) in [5, 5.41) is 23.2. The van der Waals surface area contributed by atoms with Crippen LogP contribution in [0, 0.1) is 13.8 Å². The number of aliphatic hydroxyl groups is 1. The summed E-state index contributed by atoms with van der Waals surface area (Å²) in [4.78, 5) is 18.5. The van der Waals surface area contributed by atoms with Gasteiger partial charge in [0.25, 0.3) is 0 Å². The lowest BCUT2D eigenvalue weighted by molar-refractivity contribution is 0.0697. The molecule has 1 aromatic carbocycles. The van der Waals surface area contributed by atoms with Gasteiger partial charge in [-0.1, -0.05) is 18.2 Å². The van der Waals surface area contributed by atoms with E-state index in [0.717, 1.165) is 22.6 Å². The first kappa shape index (κ1) is 22.0. The van der Waals surface area contributed by atoms with Crippen LogP contribution in [0.15, 0.2) is 54.7 Å². The second kappa shape index (κ2) is 9.10. The van der Waals surface area contributed by atoms with Crippen molar-refractivity contribution in [1.82, 2.24) is 19.8 Å². The highest BCUT2D eigenvalue weighted by molar-refractivity contribution is 7.80. The van der Waals surface area contributed by atoms with Crippen LogP contribution in [0.2, 0.25) is 0 Å². The van der Waals surface area contributed by atoms with Crippen LogP contribution in [-0.4, -0.2) is 48.9 Å². The molecule has 1 aliphatic heterocycles. The Morgan fingerprint density at radius 1 is 1.19 bits per heavy atom. The molecule has 1 aliphatic rings. The highest BCUT2D eigenvalue weighted by Gasteiger charge is 2.41. The minimum absolute atomic E-state index is 0.0745. The fourth-order valence-electron chi connectivity index (χ4n) is 4.53. The number of nitrogens with zero attached hydrogens (tertiary/aromatic N) is 3. The van der Waals surface area contributed by atoms with E-state index in [2.05, 4.69) is 21.3 Å². The summed E-state index contributed by atoms with van der Waals surface area (Å²) in [6.45, 7) is 4.66. The summed E-state index contributed by atoms with van der Waals surface area (Å²) in [6.07, 6.45) is 2.35. The maximum absolute atomic E-state index is 11.9. The quantitative estimate of drug-likeness (QED) is 0.474. The van der Waals surface area contributed by atoms with Crippen LogP contribution in [-0.2, 0) is 0 Å². The van der Waals surface area contributed by atoms with Crippen molar-refractivity contribution in [3.05, 3.63) is 82.9 Å². The zero-order chi connectivity index (χ0) is 22.8. The second-order valence-electron chi connectivity index (χ2n) is 7.88. The van der Waals surface area contributed by atoms with Gasteiger partial charge >= 0.3 is 5.97 Å². The molecule has 3 heterocycles. The van der Waals surface area contributed by atoms with Gasteiger partial charge in [0.2, 0.25) is 0 Å². The number of aromatic nitrogens is 2. The molecule has 0 saturated carbocycles. The van der Waals surface area contributed by atoms with E-state index in [1.807, 2.05) is 48.7 Å². The van der Waals surface area contributed by atoms with E-state index in [0.29, 0.717) is 23.8 Å². The van der Waals surface area contributed by atoms with Gasteiger partial charge in [-0.2, -0.15) is 0 Å². The van der Waals surface area contributed by atoms with E-state index in [1.54, 1.807) is 18.3 Å². The molecule has 3 aromatic rings. The van der Waals surface area contributed by atoms with E-state index < -0.39 is 5.97 Å². The SMILES string of the molecule is Cc1cc([C@H]2[C@@H](c3ccccn3)NC(=S)N2CCCO)c(C)n1-c1ccccc1C(=O)O. The van der Waals surface area contributed by atoms with Crippen LogP contribution in [0.1, 0.15) is 51.5 Å². The Morgan fingerprint density at radius 2 is 1.94 bits per heavy atom. The summed E-state index contributed by atoms with van der Waals surface area (Å²) >= 11 is 5.66. The van der Waals surface area contributed by atoms with Gasteiger partial charge in [0.1, 0.15) is 0 Å². The Morgan fingerprint density at radius 3 is 2.62 bits per heavy atom. The van der Waals surface area contributed by atoms with Crippen LogP contribution in [0.5, 0.6) is 0 Å². The molecule has 1 fully saturated rings. The largest absolute Gasteiger partial charge is 0.478 e. The number of pyridine rings is 1. The fraction of sp³-hybridized carbons (Fsp3) is 0.292. The Kier molecular flexibility index (Phi) is 6.25. The van der Waals surface area contributed by atoms with Crippen molar-refractivity contribution in [2.24, 2.45) is 0 Å². The first-order valence-corrected chi connectivity index (χ1v) is 10.9. The predicted molar refractivity (Wildman–Crippen MR) is 126 cm³/mol. The van der Waals surface area contributed by atoms with Crippen LogP contribution in [0.25, 0.3) is 5.69 Å². The number of benzene rings is 1. The van der Waals surface area contributed by atoms with Crippen molar-refractivity contribution in [2.45, 2.75) is 32.4 Å². The Labute approximate surface area is 192 Å². The third-order valence-corrected chi connectivity index (χ3v) is 6.27. The number of carbonyl (C=O) groups is 1. The lowest BCUT2D eigenvalue weighted by atomic mass is 9.96. The maximum Gasteiger partial charge on any atom is 0.337 e. The molecule has 2 atom stereocenters. The predicted octanol–water partition coefficient (Wildman–Crippen LogP) is 3.54. The molecule has 4 rings (SSSR count). The van der Waals surface area contributed by atoms with Gasteiger partial charge in [-0.3, -0.25) is 4.98 Å². The minimum Gasteiger partial charge on any atom is -0.478 e. The van der Waals surface area contributed by atoms with Crippen LogP contribution >= 0.6 is 12.2 Å². The highest BCUT2D eigenvalue weighted by Crippen LogP contribution is 2.41. The molecule has 2 aromatic heterocycles. The molecular formula is C24H26N4O3S. The number of carboxylic acid groups (broad SMARTS) is 1. The van der Waals surface area contributed by atoms with Gasteiger partial charge in [0.15, 0.2) is 5.11 Å². The first-order chi connectivity index (χ1) is 15.4. The number of aryl methyl sites for hydroxylation is 1. The standard InChI is InChI=1S/C24H26N4O3S/c1-15-14-18(16(2)28(15)20-10-4-3-8-17(20)23(30)31)22-21(19-9-5-6-11-25-19)26-24(32)27(22)12-7-13-29/h3-6,8-11,14,21-22,29H,7,12-13H2,1-2H3,(H,26,32)(H,30,31)/t21-,22+/m1/s1. The van der Waals surface area contributed by atoms with Crippen molar-refractivity contribution in [2.75, 3.05) is 13.2 Å². The molecule has 8 heteroatoms. The molecule has 1 saturated heterocycles. The highest BCUT2D eigenvalue weighted by atomic mass is 32.1.